The summed E-state index contributed by atoms with van der Waals surface area (Å²) in [5.41, 5.74) is 0.309. The fourth-order valence-electron chi connectivity index (χ4n) is 1.75. The molecule has 0 aliphatic carbocycles. The molecule has 0 unspecified atom stereocenters. The maximum Gasteiger partial charge on any atom is 0.308 e. The Hall–Kier alpha value is -0.690. The summed E-state index contributed by atoms with van der Waals surface area (Å²) in [4.78, 5) is 36.8. The quantitative estimate of drug-likeness (QED) is 0.396. The fourth-order valence-corrected chi connectivity index (χ4v) is 2.91. The van der Waals surface area contributed by atoms with Crippen molar-refractivity contribution in [1.29, 1.82) is 0 Å². The van der Waals surface area contributed by atoms with Crippen LogP contribution >= 0.6 is 31.9 Å². The van der Waals surface area contributed by atoms with Gasteiger partial charge in [0.2, 0.25) is 0 Å². The normalized spacial score (nSPS) is 16.1. The Labute approximate surface area is 135 Å². The smallest absolute Gasteiger partial charge is 0.308 e. The summed E-state index contributed by atoms with van der Waals surface area (Å²) in [5.74, 6) is -1.11. The first kappa shape index (κ1) is 17.4. The van der Waals surface area contributed by atoms with E-state index in [0.717, 1.165) is 4.90 Å². The molecule has 0 bridgehead atoms. The molecule has 5 nitrogen and oxygen atoms in total. The van der Waals surface area contributed by atoms with E-state index in [2.05, 4.69) is 31.9 Å². The average molecular weight is 411 g/mol. The lowest BCUT2D eigenvalue weighted by Gasteiger charge is -2.20. The fraction of sp³-hybridized carbons (Fsp3) is 0.615. The zero-order valence-electron chi connectivity index (χ0n) is 11.7. The van der Waals surface area contributed by atoms with Crippen LogP contribution in [0, 0.1) is 0 Å². The summed E-state index contributed by atoms with van der Waals surface area (Å²) >= 11 is 6.41. The molecule has 1 heterocycles. The number of nitrogens with zero attached hydrogens (tertiary/aromatic N) is 1. The van der Waals surface area contributed by atoms with Crippen LogP contribution in [0.4, 0.5) is 0 Å². The van der Waals surface area contributed by atoms with Crippen molar-refractivity contribution in [2.75, 3.05) is 17.2 Å². The van der Waals surface area contributed by atoms with Gasteiger partial charge in [-0.2, -0.15) is 0 Å². The van der Waals surface area contributed by atoms with Crippen molar-refractivity contribution in [3.05, 3.63) is 11.1 Å². The monoisotopic (exact) mass is 409 g/mol. The predicted octanol–water partition coefficient (Wildman–Crippen LogP) is 2.17. The first-order valence-corrected chi connectivity index (χ1v) is 8.37. The number of carbonyl (C=O) groups excluding carboxylic acids is 3. The highest BCUT2D eigenvalue weighted by molar-refractivity contribution is 9.09. The van der Waals surface area contributed by atoms with Crippen LogP contribution in [0.15, 0.2) is 11.1 Å². The van der Waals surface area contributed by atoms with Gasteiger partial charge in [-0.05, 0) is 20.8 Å². The second-order valence-electron chi connectivity index (χ2n) is 5.32. The molecule has 0 N–H and O–H groups in total. The minimum Gasteiger partial charge on any atom is -0.460 e. The molecule has 0 saturated heterocycles. The van der Waals surface area contributed by atoms with Gasteiger partial charge in [-0.3, -0.25) is 19.3 Å². The first-order valence-electron chi connectivity index (χ1n) is 6.13. The molecule has 7 heteroatoms. The number of imide groups is 1. The van der Waals surface area contributed by atoms with E-state index in [1.54, 1.807) is 20.8 Å². The van der Waals surface area contributed by atoms with Crippen LogP contribution in [-0.4, -0.2) is 45.5 Å². The molecule has 1 rings (SSSR count). The van der Waals surface area contributed by atoms with Crippen LogP contribution in [0.2, 0.25) is 0 Å². The van der Waals surface area contributed by atoms with E-state index in [0.29, 0.717) is 21.8 Å². The van der Waals surface area contributed by atoms with Crippen molar-refractivity contribution in [1.82, 2.24) is 4.90 Å². The van der Waals surface area contributed by atoms with Gasteiger partial charge in [0.25, 0.3) is 11.8 Å². The number of esters is 1. The third-order valence-electron chi connectivity index (χ3n) is 2.60. The largest absolute Gasteiger partial charge is 0.460 e. The van der Waals surface area contributed by atoms with Crippen molar-refractivity contribution in [3.8, 4) is 0 Å². The van der Waals surface area contributed by atoms with Crippen LogP contribution in [0.25, 0.3) is 0 Å². The topological polar surface area (TPSA) is 63.7 Å². The molecule has 0 aromatic carbocycles. The summed E-state index contributed by atoms with van der Waals surface area (Å²) in [6, 6.07) is 0. The van der Waals surface area contributed by atoms with Gasteiger partial charge in [-0.25, -0.2) is 0 Å². The van der Waals surface area contributed by atoms with Gasteiger partial charge in [0.1, 0.15) is 5.60 Å². The Balaban J connectivity index is 2.66. The Morgan fingerprint density at radius 3 is 1.90 bits per heavy atom. The molecule has 0 fully saturated rings. The number of alkyl halides is 2. The number of ether oxygens (including phenoxy) is 1. The predicted molar refractivity (Wildman–Crippen MR) is 81.8 cm³/mol. The minimum atomic E-state index is -0.573. The van der Waals surface area contributed by atoms with E-state index in [4.69, 9.17) is 4.74 Å². The summed E-state index contributed by atoms with van der Waals surface area (Å²) in [6.45, 7) is 5.35. The number of rotatable bonds is 5. The van der Waals surface area contributed by atoms with E-state index in [1.807, 2.05) is 0 Å². The Morgan fingerprint density at radius 1 is 1.10 bits per heavy atom. The number of halogens is 2. The van der Waals surface area contributed by atoms with Crippen molar-refractivity contribution < 1.29 is 19.1 Å². The number of hydrogen-bond donors (Lipinski definition) is 0. The number of amides is 2. The third-order valence-corrected chi connectivity index (χ3v) is 3.72. The second-order valence-corrected chi connectivity index (χ2v) is 6.44. The molecule has 0 radical (unpaired) electrons. The van der Waals surface area contributed by atoms with Crippen molar-refractivity contribution in [3.63, 3.8) is 0 Å². The maximum atomic E-state index is 12.1. The lowest BCUT2D eigenvalue weighted by atomic mass is 10.2. The van der Waals surface area contributed by atoms with E-state index in [-0.39, 0.29) is 24.8 Å². The van der Waals surface area contributed by atoms with E-state index in [1.165, 1.54) is 0 Å². The van der Waals surface area contributed by atoms with E-state index >= 15 is 0 Å². The molecule has 1 aliphatic heterocycles. The summed E-state index contributed by atoms with van der Waals surface area (Å²) in [7, 11) is 0. The minimum absolute atomic E-state index is 0.000118. The molecular formula is C13H17Br2NO4. The molecule has 0 spiro atoms. The molecule has 2 amide bonds. The van der Waals surface area contributed by atoms with Crippen LogP contribution < -0.4 is 0 Å². The lowest BCUT2D eigenvalue weighted by molar-refractivity contribution is -0.155. The number of carbonyl (C=O) groups is 3. The highest BCUT2D eigenvalue weighted by atomic mass is 79.9. The summed E-state index contributed by atoms with van der Waals surface area (Å²) < 4.78 is 5.15. The molecule has 1 aliphatic rings. The van der Waals surface area contributed by atoms with Crippen molar-refractivity contribution in [2.24, 2.45) is 0 Å². The lowest BCUT2D eigenvalue weighted by Crippen LogP contribution is -2.35. The highest BCUT2D eigenvalue weighted by Crippen LogP contribution is 2.24. The van der Waals surface area contributed by atoms with Crippen LogP contribution in [0.5, 0.6) is 0 Å². The molecule has 0 aromatic rings. The summed E-state index contributed by atoms with van der Waals surface area (Å²) in [6.07, 6.45) is -0.000118. The number of hydrogen-bond acceptors (Lipinski definition) is 4. The van der Waals surface area contributed by atoms with Crippen LogP contribution in [-0.2, 0) is 19.1 Å². The van der Waals surface area contributed by atoms with Crippen LogP contribution in [0.3, 0.4) is 0 Å². The Bertz CT molecular complexity index is 439. The molecular weight excluding hydrogens is 394 g/mol. The molecule has 112 valence electrons. The molecule has 0 saturated carbocycles. The van der Waals surface area contributed by atoms with Crippen molar-refractivity contribution >= 4 is 49.6 Å². The van der Waals surface area contributed by atoms with E-state index in [9.17, 15) is 14.4 Å². The van der Waals surface area contributed by atoms with Crippen molar-refractivity contribution in [2.45, 2.75) is 32.8 Å². The van der Waals surface area contributed by atoms with Gasteiger partial charge in [-0.15, -0.1) is 0 Å². The Morgan fingerprint density at radius 2 is 1.55 bits per heavy atom. The average Bonchev–Trinajstić information content (AvgIpc) is 2.55. The van der Waals surface area contributed by atoms with Gasteiger partial charge in [0, 0.05) is 28.4 Å². The third kappa shape index (κ3) is 4.15. The maximum absolute atomic E-state index is 12.1. The zero-order chi connectivity index (χ0) is 15.5. The van der Waals surface area contributed by atoms with E-state index < -0.39 is 11.6 Å². The van der Waals surface area contributed by atoms with Gasteiger partial charge in [0.15, 0.2) is 0 Å². The first-order chi connectivity index (χ1) is 9.21. The SMILES string of the molecule is CC(C)(C)OC(=O)CCN1C(=O)C(CBr)=C(CBr)C1=O. The molecule has 0 aromatic heterocycles. The van der Waals surface area contributed by atoms with Gasteiger partial charge < -0.3 is 4.74 Å². The highest BCUT2D eigenvalue weighted by Gasteiger charge is 2.36. The molecule has 20 heavy (non-hydrogen) atoms. The van der Waals surface area contributed by atoms with Gasteiger partial charge in [0.05, 0.1) is 6.42 Å². The second kappa shape index (κ2) is 6.85. The Kier molecular flexibility index (Phi) is 5.94. The standard InChI is InChI=1S/C13H17Br2NO4/c1-13(2,3)20-10(17)4-5-16-11(18)8(6-14)9(7-15)12(16)19/h4-7H2,1-3H3. The molecule has 0 atom stereocenters. The van der Waals surface area contributed by atoms with Gasteiger partial charge in [-0.1, -0.05) is 31.9 Å². The summed E-state index contributed by atoms with van der Waals surface area (Å²) in [5, 5.41) is 0.642. The zero-order valence-corrected chi connectivity index (χ0v) is 14.8. The van der Waals surface area contributed by atoms with Crippen LogP contribution in [0.1, 0.15) is 27.2 Å². The van der Waals surface area contributed by atoms with Gasteiger partial charge >= 0.3 is 5.97 Å².